The summed E-state index contributed by atoms with van der Waals surface area (Å²) in [6.07, 6.45) is 4.32. The van der Waals surface area contributed by atoms with E-state index in [9.17, 15) is 9.59 Å². The second kappa shape index (κ2) is 10.0. The van der Waals surface area contributed by atoms with Gasteiger partial charge in [-0.3, -0.25) is 24.3 Å². The fourth-order valence-corrected chi connectivity index (χ4v) is 4.66. The average molecular weight is 467 g/mol. The summed E-state index contributed by atoms with van der Waals surface area (Å²) in [4.78, 5) is 33.4. The predicted molar refractivity (Wildman–Crippen MR) is 126 cm³/mol. The topological polar surface area (TPSA) is 114 Å². The van der Waals surface area contributed by atoms with Crippen molar-refractivity contribution in [2.75, 3.05) is 46.0 Å². The summed E-state index contributed by atoms with van der Waals surface area (Å²) in [5.74, 6) is -0.373. The molecule has 3 aromatic heterocycles. The Kier molecular flexibility index (Phi) is 6.70. The van der Waals surface area contributed by atoms with Gasteiger partial charge in [-0.25, -0.2) is 4.98 Å². The molecule has 0 spiro atoms. The maximum absolute atomic E-state index is 13.3. The summed E-state index contributed by atoms with van der Waals surface area (Å²) in [5, 5.41) is 12.1. The van der Waals surface area contributed by atoms with Gasteiger partial charge in [0.05, 0.1) is 30.3 Å². The Bertz CT molecular complexity index is 1300. The number of carbonyl (C=O) groups excluding carboxylic acids is 1. The van der Waals surface area contributed by atoms with Crippen LogP contribution in [0.2, 0.25) is 0 Å². The summed E-state index contributed by atoms with van der Waals surface area (Å²) in [6, 6.07) is 6.87. The average Bonchev–Trinajstić information content (AvgIpc) is 3.38. The van der Waals surface area contributed by atoms with Gasteiger partial charge in [-0.1, -0.05) is 6.07 Å². The van der Waals surface area contributed by atoms with Crippen LogP contribution in [-0.4, -0.2) is 76.9 Å². The minimum Gasteiger partial charge on any atom is -0.379 e. The molecule has 2 aliphatic rings. The number of carbonyl (C=O) groups is 1. The molecule has 2 N–H and O–H groups in total. The van der Waals surface area contributed by atoms with Crippen molar-refractivity contribution in [1.82, 2.24) is 24.2 Å². The minimum absolute atomic E-state index is 0.00419. The zero-order valence-electron chi connectivity index (χ0n) is 19.2. The molecule has 0 bridgehead atoms. The number of aryl methyl sites for hydroxylation is 1. The Hall–Kier alpha value is -3.08. The number of hydrogen-bond donors (Lipinski definition) is 2. The van der Waals surface area contributed by atoms with Crippen molar-refractivity contribution in [2.45, 2.75) is 31.9 Å². The lowest BCUT2D eigenvalue weighted by Crippen LogP contribution is -2.39. The number of amides is 1. The number of pyridine rings is 2. The van der Waals surface area contributed by atoms with Crippen LogP contribution in [0.5, 0.6) is 0 Å². The van der Waals surface area contributed by atoms with E-state index in [-0.39, 0.29) is 28.6 Å². The van der Waals surface area contributed by atoms with E-state index in [1.807, 2.05) is 6.07 Å². The van der Waals surface area contributed by atoms with Crippen LogP contribution in [0.3, 0.4) is 0 Å². The van der Waals surface area contributed by atoms with Crippen molar-refractivity contribution >= 4 is 22.6 Å². The fraction of sp³-hybridized carbons (Fsp3) is 0.500. The maximum Gasteiger partial charge on any atom is 0.267 e. The van der Waals surface area contributed by atoms with Crippen LogP contribution in [0.4, 0.5) is 0 Å². The summed E-state index contributed by atoms with van der Waals surface area (Å²) in [7, 11) is 0. The summed E-state index contributed by atoms with van der Waals surface area (Å²) in [5.41, 5.74) is 0.921. The quantitative estimate of drug-likeness (QED) is 0.497. The zero-order valence-corrected chi connectivity index (χ0v) is 19.2. The molecule has 0 radical (unpaired) electrons. The van der Waals surface area contributed by atoms with Gasteiger partial charge in [0.1, 0.15) is 16.8 Å². The van der Waals surface area contributed by atoms with E-state index in [2.05, 4.69) is 10.2 Å². The van der Waals surface area contributed by atoms with Gasteiger partial charge in [0.25, 0.3) is 11.5 Å². The van der Waals surface area contributed by atoms with E-state index in [0.29, 0.717) is 36.4 Å². The molecule has 10 nitrogen and oxygen atoms in total. The predicted octanol–water partition coefficient (Wildman–Crippen LogP) is 0.760. The first kappa shape index (κ1) is 22.7. The first-order chi connectivity index (χ1) is 16.6. The molecule has 3 aromatic rings. The SMILES string of the molecule is N=c1c(C(=O)NC[C@@H]2CCCO2)cc2c(=O)n3ccccc3nc2n1CCCN1CCOCC1. The molecular weight excluding hydrogens is 436 g/mol. The lowest BCUT2D eigenvalue weighted by atomic mass is 10.1. The largest absolute Gasteiger partial charge is 0.379 e. The van der Waals surface area contributed by atoms with Gasteiger partial charge >= 0.3 is 0 Å². The van der Waals surface area contributed by atoms with Crippen LogP contribution in [0.15, 0.2) is 35.3 Å². The molecule has 0 unspecified atom stereocenters. The highest BCUT2D eigenvalue weighted by Crippen LogP contribution is 2.13. The van der Waals surface area contributed by atoms with Crippen molar-refractivity contribution in [1.29, 1.82) is 5.41 Å². The number of rotatable bonds is 7. The molecule has 5 rings (SSSR count). The first-order valence-electron chi connectivity index (χ1n) is 11.9. The van der Waals surface area contributed by atoms with E-state index in [1.54, 1.807) is 22.9 Å². The Morgan fingerprint density at radius 2 is 2.06 bits per heavy atom. The molecule has 0 aromatic carbocycles. The molecule has 10 heteroatoms. The molecular formula is C24H30N6O4. The minimum atomic E-state index is -0.373. The molecule has 0 saturated carbocycles. The highest BCUT2D eigenvalue weighted by atomic mass is 16.5. The molecule has 2 fully saturated rings. The lowest BCUT2D eigenvalue weighted by Gasteiger charge is -2.26. The van der Waals surface area contributed by atoms with Gasteiger partial charge in [-0.05, 0) is 37.5 Å². The highest BCUT2D eigenvalue weighted by molar-refractivity contribution is 5.96. The number of nitrogens with zero attached hydrogens (tertiary/aromatic N) is 4. The summed E-state index contributed by atoms with van der Waals surface area (Å²) in [6.45, 7) is 5.65. The van der Waals surface area contributed by atoms with Crippen LogP contribution in [0.1, 0.15) is 29.6 Å². The van der Waals surface area contributed by atoms with Gasteiger partial charge in [0.2, 0.25) is 0 Å². The van der Waals surface area contributed by atoms with Crippen molar-refractivity contribution in [3.8, 4) is 0 Å². The molecule has 2 saturated heterocycles. The molecule has 2 aliphatic heterocycles. The van der Waals surface area contributed by atoms with Crippen LogP contribution >= 0.6 is 0 Å². The lowest BCUT2D eigenvalue weighted by molar-refractivity contribution is 0.0369. The van der Waals surface area contributed by atoms with Crippen LogP contribution < -0.4 is 16.4 Å². The number of ether oxygens (including phenoxy) is 2. The monoisotopic (exact) mass is 466 g/mol. The van der Waals surface area contributed by atoms with Crippen molar-refractivity contribution in [2.24, 2.45) is 0 Å². The second-order valence-corrected chi connectivity index (χ2v) is 8.79. The van der Waals surface area contributed by atoms with Crippen molar-refractivity contribution in [3.05, 3.63) is 51.9 Å². The fourth-order valence-electron chi connectivity index (χ4n) is 4.66. The van der Waals surface area contributed by atoms with Crippen LogP contribution in [0.25, 0.3) is 16.7 Å². The Morgan fingerprint density at radius 1 is 1.21 bits per heavy atom. The molecule has 0 aliphatic carbocycles. The summed E-state index contributed by atoms with van der Waals surface area (Å²) >= 11 is 0. The van der Waals surface area contributed by atoms with Gasteiger partial charge in [0.15, 0.2) is 0 Å². The highest BCUT2D eigenvalue weighted by Gasteiger charge is 2.20. The van der Waals surface area contributed by atoms with Crippen molar-refractivity contribution < 1.29 is 14.3 Å². The number of morpholine rings is 1. The Morgan fingerprint density at radius 3 is 2.85 bits per heavy atom. The van der Waals surface area contributed by atoms with E-state index in [0.717, 1.165) is 52.1 Å². The smallest absolute Gasteiger partial charge is 0.267 e. The number of fused-ring (bicyclic) bond motifs is 2. The third-order valence-corrected chi connectivity index (χ3v) is 6.54. The molecule has 1 amide bonds. The zero-order chi connectivity index (χ0) is 23.5. The van der Waals surface area contributed by atoms with Gasteiger partial charge in [-0.2, -0.15) is 0 Å². The second-order valence-electron chi connectivity index (χ2n) is 8.79. The third-order valence-electron chi connectivity index (χ3n) is 6.54. The molecule has 5 heterocycles. The van der Waals surface area contributed by atoms with Gasteiger partial charge in [-0.15, -0.1) is 0 Å². The van der Waals surface area contributed by atoms with E-state index >= 15 is 0 Å². The Balaban J connectivity index is 1.50. The summed E-state index contributed by atoms with van der Waals surface area (Å²) < 4.78 is 14.2. The van der Waals surface area contributed by atoms with Crippen LogP contribution in [0, 0.1) is 5.41 Å². The van der Waals surface area contributed by atoms with Crippen LogP contribution in [-0.2, 0) is 16.0 Å². The van der Waals surface area contributed by atoms with Gasteiger partial charge in [0, 0.05) is 45.5 Å². The normalized spacial score (nSPS) is 19.1. The van der Waals surface area contributed by atoms with E-state index in [4.69, 9.17) is 19.9 Å². The van der Waals surface area contributed by atoms with Gasteiger partial charge < -0.3 is 19.4 Å². The number of aromatic nitrogens is 3. The maximum atomic E-state index is 13.3. The number of nitrogens with one attached hydrogen (secondary N) is 2. The van der Waals surface area contributed by atoms with Crippen molar-refractivity contribution in [3.63, 3.8) is 0 Å². The molecule has 1 atom stereocenters. The number of hydrogen-bond acceptors (Lipinski definition) is 7. The van der Waals surface area contributed by atoms with E-state index in [1.165, 1.54) is 10.5 Å². The standard InChI is InChI=1S/C24H30N6O4/c25-21-18(23(31)26-16-17-5-3-12-34-17)15-19-22(27-20-6-1-2-8-29(20)24(19)32)30(21)9-4-7-28-10-13-33-14-11-28/h1-2,6,8,15,17,25H,3-5,7,9-14,16H2,(H,26,31)/t17-/m0/s1. The van der Waals surface area contributed by atoms with E-state index < -0.39 is 0 Å². The molecule has 180 valence electrons. The first-order valence-corrected chi connectivity index (χ1v) is 11.9. The Labute approximate surface area is 196 Å². The molecule has 34 heavy (non-hydrogen) atoms. The third kappa shape index (κ3) is 4.61.